The highest BCUT2D eigenvalue weighted by Gasteiger charge is 2.34. The molecular formula is C21H29N3O3. The number of ether oxygens (including phenoxy) is 2. The summed E-state index contributed by atoms with van der Waals surface area (Å²) in [4.78, 5) is 15.0. The van der Waals surface area contributed by atoms with Gasteiger partial charge >= 0.3 is 6.03 Å². The number of hydrogen-bond donors (Lipinski definition) is 1. The number of benzene rings is 1. The van der Waals surface area contributed by atoms with Crippen molar-refractivity contribution in [2.75, 3.05) is 20.8 Å². The first-order valence-electron chi connectivity index (χ1n) is 9.57. The molecule has 2 heterocycles. The molecule has 27 heavy (non-hydrogen) atoms. The van der Waals surface area contributed by atoms with Gasteiger partial charge in [0.1, 0.15) is 17.5 Å². The van der Waals surface area contributed by atoms with E-state index in [1.165, 1.54) is 0 Å². The van der Waals surface area contributed by atoms with E-state index in [0.29, 0.717) is 12.3 Å². The summed E-state index contributed by atoms with van der Waals surface area (Å²) in [6.45, 7) is 5.63. The molecule has 1 unspecified atom stereocenters. The molecule has 0 fully saturated rings. The minimum atomic E-state index is -0.205. The molecule has 0 spiro atoms. The Morgan fingerprint density at radius 1 is 1.19 bits per heavy atom. The van der Waals surface area contributed by atoms with E-state index in [0.717, 1.165) is 36.4 Å². The first-order chi connectivity index (χ1) is 13.1. The van der Waals surface area contributed by atoms with Crippen LogP contribution < -0.4 is 14.8 Å². The van der Waals surface area contributed by atoms with Gasteiger partial charge < -0.3 is 24.3 Å². The summed E-state index contributed by atoms with van der Waals surface area (Å²) in [7, 11) is 3.28. The standard InChI is InChI=1S/C21H29N3O3/c1-5-15(6-2)22-21(25)24-13-12-23-11-7-8-18(23)20(24)17-10-9-16(26-3)14-19(17)27-4/h7-11,14-15,20H,5-6,12-13H2,1-4H3,(H,22,25). The van der Waals surface area contributed by atoms with Crippen molar-refractivity contribution in [3.8, 4) is 11.5 Å². The van der Waals surface area contributed by atoms with Crippen LogP contribution in [-0.4, -0.2) is 42.3 Å². The Morgan fingerprint density at radius 2 is 1.96 bits per heavy atom. The molecule has 1 aromatic heterocycles. The Labute approximate surface area is 161 Å². The van der Waals surface area contributed by atoms with Gasteiger partial charge in [-0.15, -0.1) is 0 Å². The zero-order valence-electron chi connectivity index (χ0n) is 16.6. The number of hydrogen-bond acceptors (Lipinski definition) is 3. The van der Waals surface area contributed by atoms with Crippen molar-refractivity contribution in [1.82, 2.24) is 14.8 Å². The maximum absolute atomic E-state index is 13.1. The normalized spacial score (nSPS) is 16.2. The van der Waals surface area contributed by atoms with Crippen molar-refractivity contribution in [1.29, 1.82) is 0 Å². The number of fused-ring (bicyclic) bond motifs is 1. The quantitative estimate of drug-likeness (QED) is 0.840. The van der Waals surface area contributed by atoms with Crippen LogP contribution in [0.4, 0.5) is 4.79 Å². The average Bonchev–Trinajstić information content (AvgIpc) is 3.19. The van der Waals surface area contributed by atoms with Crippen molar-refractivity contribution in [2.24, 2.45) is 0 Å². The molecule has 1 N–H and O–H groups in total. The third-order valence-electron chi connectivity index (χ3n) is 5.35. The van der Waals surface area contributed by atoms with Gasteiger partial charge in [-0.1, -0.05) is 13.8 Å². The molecular weight excluding hydrogens is 342 g/mol. The number of nitrogens with one attached hydrogen (secondary N) is 1. The lowest BCUT2D eigenvalue weighted by molar-refractivity contribution is 0.163. The number of carbonyl (C=O) groups is 1. The van der Waals surface area contributed by atoms with E-state index in [2.05, 4.69) is 36.0 Å². The minimum Gasteiger partial charge on any atom is -0.497 e. The fourth-order valence-electron chi connectivity index (χ4n) is 3.72. The van der Waals surface area contributed by atoms with Gasteiger partial charge in [0, 0.05) is 42.7 Å². The smallest absolute Gasteiger partial charge is 0.318 e. The van der Waals surface area contributed by atoms with Gasteiger partial charge in [0.25, 0.3) is 0 Å². The molecule has 0 saturated heterocycles. The van der Waals surface area contributed by atoms with Crippen LogP contribution >= 0.6 is 0 Å². The monoisotopic (exact) mass is 371 g/mol. The highest BCUT2D eigenvalue weighted by molar-refractivity contribution is 5.76. The number of rotatable bonds is 6. The number of aromatic nitrogens is 1. The topological polar surface area (TPSA) is 55.7 Å². The van der Waals surface area contributed by atoms with Gasteiger partial charge in [-0.25, -0.2) is 4.79 Å². The number of urea groups is 1. The average molecular weight is 371 g/mol. The Morgan fingerprint density at radius 3 is 2.63 bits per heavy atom. The summed E-state index contributed by atoms with van der Waals surface area (Å²) in [5, 5.41) is 3.18. The lowest BCUT2D eigenvalue weighted by Crippen LogP contribution is -2.49. The molecule has 146 valence electrons. The van der Waals surface area contributed by atoms with E-state index < -0.39 is 0 Å². The number of nitrogens with zero attached hydrogens (tertiary/aromatic N) is 2. The summed E-state index contributed by atoms with van der Waals surface area (Å²) in [5.41, 5.74) is 2.04. The second-order valence-corrected chi connectivity index (χ2v) is 6.79. The van der Waals surface area contributed by atoms with Crippen molar-refractivity contribution >= 4 is 6.03 Å². The molecule has 6 heteroatoms. The largest absolute Gasteiger partial charge is 0.497 e. The molecule has 0 aliphatic carbocycles. The molecule has 1 aliphatic rings. The minimum absolute atomic E-state index is 0.0287. The molecule has 0 saturated carbocycles. The molecule has 1 atom stereocenters. The number of carbonyl (C=O) groups excluding carboxylic acids is 1. The predicted octanol–water partition coefficient (Wildman–Crippen LogP) is 3.81. The Bertz CT molecular complexity index is 783. The van der Waals surface area contributed by atoms with Crippen LogP contribution in [0.25, 0.3) is 0 Å². The molecule has 2 amide bonds. The highest BCUT2D eigenvalue weighted by Crippen LogP contribution is 2.38. The van der Waals surface area contributed by atoms with Crippen molar-refractivity contribution in [3.63, 3.8) is 0 Å². The van der Waals surface area contributed by atoms with Gasteiger partial charge in [-0.3, -0.25) is 0 Å². The summed E-state index contributed by atoms with van der Waals surface area (Å²) in [6, 6.07) is 9.83. The molecule has 2 aromatic rings. The fraction of sp³-hybridized carbons (Fsp3) is 0.476. The van der Waals surface area contributed by atoms with Crippen LogP contribution in [0.1, 0.15) is 44.0 Å². The van der Waals surface area contributed by atoms with Crippen LogP contribution in [0, 0.1) is 0 Å². The third-order valence-corrected chi connectivity index (χ3v) is 5.35. The second-order valence-electron chi connectivity index (χ2n) is 6.79. The second kappa shape index (κ2) is 8.37. The Balaban J connectivity index is 2.01. The SMILES string of the molecule is CCC(CC)NC(=O)N1CCn2cccc2C1c1ccc(OC)cc1OC. The maximum Gasteiger partial charge on any atom is 0.318 e. The molecule has 6 nitrogen and oxygen atoms in total. The van der Waals surface area contributed by atoms with Crippen LogP contribution in [0.2, 0.25) is 0 Å². The van der Waals surface area contributed by atoms with Crippen molar-refractivity contribution < 1.29 is 14.3 Å². The summed E-state index contributed by atoms with van der Waals surface area (Å²) in [5.74, 6) is 1.45. The number of methoxy groups -OCH3 is 2. The predicted molar refractivity (Wildman–Crippen MR) is 105 cm³/mol. The number of amides is 2. The van der Waals surface area contributed by atoms with E-state index in [1.807, 2.05) is 29.2 Å². The van der Waals surface area contributed by atoms with Crippen LogP contribution in [0.5, 0.6) is 11.5 Å². The lowest BCUT2D eigenvalue weighted by Gasteiger charge is -2.38. The van der Waals surface area contributed by atoms with Crippen LogP contribution in [0.3, 0.4) is 0 Å². The molecule has 0 radical (unpaired) electrons. The highest BCUT2D eigenvalue weighted by atomic mass is 16.5. The zero-order valence-corrected chi connectivity index (χ0v) is 16.6. The van der Waals surface area contributed by atoms with Crippen molar-refractivity contribution in [3.05, 3.63) is 47.8 Å². The van der Waals surface area contributed by atoms with E-state index in [-0.39, 0.29) is 18.1 Å². The Hall–Kier alpha value is -2.63. The Kier molecular flexibility index (Phi) is 5.94. The van der Waals surface area contributed by atoms with Gasteiger partial charge in [-0.05, 0) is 37.1 Å². The van der Waals surface area contributed by atoms with Gasteiger partial charge in [0.2, 0.25) is 0 Å². The van der Waals surface area contributed by atoms with Crippen LogP contribution in [0.15, 0.2) is 36.5 Å². The summed E-state index contributed by atoms with van der Waals surface area (Å²) < 4.78 is 13.2. The van der Waals surface area contributed by atoms with Crippen LogP contribution in [-0.2, 0) is 6.54 Å². The van der Waals surface area contributed by atoms with E-state index in [1.54, 1.807) is 14.2 Å². The zero-order chi connectivity index (χ0) is 19.4. The molecule has 0 bridgehead atoms. The van der Waals surface area contributed by atoms with E-state index in [4.69, 9.17) is 9.47 Å². The molecule has 1 aliphatic heterocycles. The maximum atomic E-state index is 13.1. The van der Waals surface area contributed by atoms with Gasteiger partial charge in [0.05, 0.1) is 14.2 Å². The van der Waals surface area contributed by atoms with E-state index >= 15 is 0 Å². The molecule has 1 aromatic carbocycles. The van der Waals surface area contributed by atoms with Gasteiger partial charge in [-0.2, -0.15) is 0 Å². The van der Waals surface area contributed by atoms with Gasteiger partial charge in [0.15, 0.2) is 0 Å². The summed E-state index contributed by atoms with van der Waals surface area (Å²) >= 11 is 0. The first kappa shape index (κ1) is 19.1. The van der Waals surface area contributed by atoms with E-state index in [9.17, 15) is 4.79 Å². The summed E-state index contributed by atoms with van der Waals surface area (Å²) in [6.07, 6.45) is 3.90. The molecule has 3 rings (SSSR count). The first-order valence-corrected chi connectivity index (χ1v) is 9.57. The third kappa shape index (κ3) is 3.75. The van der Waals surface area contributed by atoms with Crippen molar-refractivity contribution in [2.45, 2.75) is 45.3 Å². The lowest BCUT2D eigenvalue weighted by atomic mass is 9.98. The fourth-order valence-corrected chi connectivity index (χ4v) is 3.72.